The molecule has 1 heterocycles. The van der Waals surface area contributed by atoms with E-state index in [1.807, 2.05) is 0 Å². The first-order valence-corrected chi connectivity index (χ1v) is 6.43. The molecule has 0 aliphatic carbocycles. The van der Waals surface area contributed by atoms with E-state index in [4.69, 9.17) is 5.11 Å². The van der Waals surface area contributed by atoms with Crippen LogP contribution in [0.25, 0.3) is 0 Å². The Morgan fingerprint density at radius 2 is 2.00 bits per heavy atom. The van der Waals surface area contributed by atoms with Crippen molar-refractivity contribution in [2.45, 2.75) is 51.0 Å². The van der Waals surface area contributed by atoms with E-state index in [0.29, 0.717) is 6.54 Å². The van der Waals surface area contributed by atoms with Crippen molar-refractivity contribution in [3.8, 4) is 0 Å². The number of unbranched alkanes of at least 4 members (excludes halogenated alkanes) is 3. The van der Waals surface area contributed by atoms with Crippen molar-refractivity contribution in [3.05, 3.63) is 0 Å². The summed E-state index contributed by atoms with van der Waals surface area (Å²) in [6.07, 6.45) is 5.82. The van der Waals surface area contributed by atoms with Crippen molar-refractivity contribution in [1.29, 1.82) is 0 Å². The van der Waals surface area contributed by atoms with E-state index in [1.165, 1.54) is 0 Å². The molecular weight excluding hydrogens is 220 g/mol. The molecule has 1 atom stereocenters. The molecule has 98 valence electrons. The summed E-state index contributed by atoms with van der Waals surface area (Å²) in [5.41, 5.74) is 0. The van der Waals surface area contributed by atoms with Crippen LogP contribution in [0.4, 0.5) is 0 Å². The third kappa shape index (κ3) is 6.26. The Morgan fingerprint density at radius 1 is 1.24 bits per heavy atom. The zero-order valence-corrected chi connectivity index (χ0v) is 10.2. The van der Waals surface area contributed by atoms with E-state index >= 15 is 0 Å². The average molecular weight is 242 g/mol. The minimum Gasteiger partial charge on any atom is -0.481 e. The minimum atomic E-state index is -0.731. The van der Waals surface area contributed by atoms with Gasteiger partial charge in [0.05, 0.1) is 6.04 Å². The Labute approximate surface area is 102 Å². The van der Waals surface area contributed by atoms with Crippen LogP contribution in [0.15, 0.2) is 0 Å². The number of carbonyl (C=O) groups excluding carboxylic acids is 1. The molecule has 1 fully saturated rings. The smallest absolute Gasteiger partial charge is 0.303 e. The van der Waals surface area contributed by atoms with Crippen LogP contribution in [-0.2, 0) is 9.59 Å². The summed E-state index contributed by atoms with van der Waals surface area (Å²) in [5.74, 6) is -0.626. The molecule has 3 N–H and O–H groups in total. The van der Waals surface area contributed by atoms with Crippen LogP contribution >= 0.6 is 0 Å². The number of hydrogen-bond acceptors (Lipinski definition) is 3. The molecular formula is C12H22N2O3. The lowest BCUT2D eigenvalue weighted by Gasteiger charge is -2.10. The normalized spacial score (nSPS) is 19.2. The molecule has 0 spiro atoms. The highest BCUT2D eigenvalue weighted by Gasteiger charge is 2.20. The summed E-state index contributed by atoms with van der Waals surface area (Å²) in [5, 5.41) is 14.5. The zero-order chi connectivity index (χ0) is 12.5. The fraction of sp³-hybridized carbons (Fsp3) is 0.833. The first kappa shape index (κ1) is 14.0. The quantitative estimate of drug-likeness (QED) is 0.552. The van der Waals surface area contributed by atoms with E-state index in [0.717, 1.165) is 45.1 Å². The van der Waals surface area contributed by atoms with Crippen LogP contribution in [0.1, 0.15) is 44.9 Å². The second kappa shape index (κ2) is 8.06. The van der Waals surface area contributed by atoms with Gasteiger partial charge in [0, 0.05) is 13.0 Å². The highest BCUT2D eigenvalue weighted by Crippen LogP contribution is 2.05. The van der Waals surface area contributed by atoms with Crippen LogP contribution in [0.5, 0.6) is 0 Å². The third-order valence-corrected chi connectivity index (χ3v) is 2.99. The summed E-state index contributed by atoms with van der Waals surface area (Å²) < 4.78 is 0. The maximum absolute atomic E-state index is 11.6. The first-order chi connectivity index (χ1) is 8.20. The number of rotatable bonds is 8. The molecule has 1 saturated heterocycles. The van der Waals surface area contributed by atoms with Gasteiger partial charge in [-0.15, -0.1) is 0 Å². The first-order valence-electron chi connectivity index (χ1n) is 6.43. The van der Waals surface area contributed by atoms with Crippen molar-refractivity contribution >= 4 is 11.9 Å². The Hall–Kier alpha value is -1.10. The van der Waals surface area contributed by atoms with Gasteiger partial charge in [0.15, 0.2) is 0 Å². The van der Waals surface area contributed by atoms with Crippen LogP contribution in [0, 0.1) is 0 Å². The molecule has 0 radical (unpaired) electrons. The molecule has 0 aromatic rings. The van der Waals surface area contributed by atoms with Gasteiger partial charge in [-0.25, -0.2) is 0 Å². The lowest BCUT2D eigenvalue weighted by molar-refractivity contribution is -0.137. The van der Waals surface area contributed by atoms with Crippen molar-refractivity contribution in [2.75, 3.05) is 13.1 Å². The number of carboxylic acids is 1. The second-order valence-corrected chi connectivity index (χ2v) is 4.50. The topological polar surface area (TPSA) is 78.4 Å². The maximum Gasteiger partial charge on any atom is 0.303 e. The number of aliphatic carboxylic acids is 1. The van der Waals surface area contributed by atoms with Gasteiger partial charge in [-0.2, -0.15) is 0 Å². The predicted octanol–water partition coefficient (Wildman–Crippen LogP) is 0.890. The molecule has 1 rings (SSSR count). The summed E-state index contributed by atoms with van der Waals surface area (Å²) in [6.45, 7) is 1.64. The van der Waals surface area contributed by atoms with E-state index in [9.17, 15) is 9.59 Å². The van der Waals surface area contributed by atoms with Crippen LogP contribution in [0.3, 0.4) is 0 Å². The molecule has 1 aliphatic heterocycles. The van der Waals surface area contributed by atoms with E-state index in [-0.39, 0.29) is 18.4 Å². The molecule has 1 amide bonds. The fourth-order valence-corrected chi connectivity index (χ4v) is 2.00. The molecule has 0 aromatic carbocycles. The molecule has 17 heavy (non-hydrogen) atoms. The number of hydrogen-bond donors (Lipinski definition) is 3. The standard InChI is InChI=1S/C12H22N2O3/c15-11(16)7-3-1-2-4-8-14-12(17)10-6-5-9-13-10/h10,13H,1-9H2,(H,14,17)(H,15,16). The van der Waals surface area contributed by atoms with Crippen molar-refractivity contribution < 1.29 is 14.7 Å². The number of carboxylic acid groups (broad SMARTS) is 1. The maximum atomic E-state index is 11.6. The SMILES string of the molecule is O=C(O)CCCCCCNC(=O)C1CCCN1. The monoisotopic (exact) mass is 242 g/mol. The minimum absolute atomic E-state index is 0.00186. The van der Waals surface area contributed by atoms with Gasteiger partial charge in [-0.3, -0.25) is 9.59 Å². The highest BCUT2D eigenvalue weighted by molar-refractivity contribution is 5.81. The summed E-state index contributed by atoms with van der Waals surface area (Å²) in [7, 11) is 0. The number of amides is 1. The fourth-order valence-electron chi connectivity index (χ4n) is 2.00. The summed E-state index contributed by atoms with van der Waals surface area (Å²) in [6, 6.07) is 0.00186. The highest BCUT2D eigenvalue weighted by atomic mass is 16.4. The Morgan fingerprint density at radius 3 is 2.65 bits per heavy atom. The predicted molar refractivity (Wildman–Crippen MR) is 64.8 cm³/mol. The van der Waals surface area contributed by atoms with Crippen molar-refractivity contribution in [1.82, 2.24) is 10.6 Å². The van der Waals surface area contributed by atoms with Crippen LogP contribution in [-0.4, -0.2) is 36.1 Å². The number of carbonyl (C=O) groups is 2. The van der Waals surface area contributed by atoms with Gasteiger partial charge >= 0.3 is 5.97 Å². The zero-order valence-electron chi connectivity index (χ0n) is 10.2. The van der Waals surface area contributed by atoms with Crippen molar-refractivity contribution in [3.63, 3.8) is 0 Å². The Kier molecular flexibility index (Phi) is 6.62. The number of nitrogens with one attached hydrogen (secondary N) is 2. The van der Waals surface area contributed by atoms with E-state index in [2.05, 4.69) is 10.6 Å². The molecule has 0 bridgehead atoms. The van der Waals surface area contributed by atoms with Crippen LogP contribution in [0.2, 0.25) is 0 Å². The average Bonchev–Trinajstić information content (AvgIpc) is 2.80. The van der Waals surface area contributed by atoms with Gasteiger partial charge in [-0.05, 0) is 32.2 Å². The lowest BCUT2D eigenvalue weighted by atomic mass is 10.1. The Bertz CT molecular complexity index is 250. The van der Waals surface area contributed by atoms with Crippen molar-refractivity contribution in [2.24, 2.45) is 0 Å². The molecule has 0 aromatic heterocycles. The summed E-state index contributed by atoms with van der Waals surface area (Å²) in [4.78, 5) is 21.8. The van der Waals surface area contributed by atoms with Gasteiger partial charge in [0.25, 0.3) is 0 Å². The van der Waals surface area contributed by atoms with E-state index in [1.54, 1.807) is 0 Å². The van der Waals surface area contributed by atoms with Gasteiger partial charge in [0.1, 0.15) is 0 Å². The van der Waals surface area contributed by atoms with Gasteiger partial charge < -0.3 is 15.7 Å². The lowest BCUT2D eigenvalue weighted by Crippen LogP contribution is -2.40. The molecule has 1 aliphatic rings. The molecule has 1 unspecified atom stereocenters. The molecule has 0 saturated carbocycles. The van der Waals surface area contributed by atoms with Gasteiger partial charge in [-0.1, -0.05) is 12.8 Å². The largest absolute Gasteiger partial charge is 0.481 e. The Balaban J connectivity index is 1.89. The van der Waals surface area contributed by atoms with Crippen LogP contribution < -0.4 is 10.6 Å². The van der Waals surface area contributed by atoms with Gasteiger partial charge in [0.2, 0.25) is 5.91 Å². The molecule has 5 nitrogen and oxygen atoms in total. The molecule has 5 heteroatoms. The van der Waals surface area contributed by atoms with E-state index < -0.39 is 5.97 Å². The third-order valence-electron chi connectivity index (χ3n) is 2.99. The second-order valence-electron chi connectivity index (χ2n) is 4.50. The summed E-state index contributed by atoms with van der Waals surface area (Å²) >= 11 is 0.